The van der Waals surface area contributed by atoms with Crippen LogP contribution in [0.2, 0.25) is 0 Å². The van der Waals surface area contributed by atoms with Gasteiger partial charge in [0.15, 0.2) is 0 Å². The van der Waals surface area contributed by atoms with Crippen molar-refractivity contribution in [2.24, 2.45) is 0 Å². The summed E-state index contributed by atoms with van der Waals surface area (Å²) in [6, 6.07) is 33.1. The van der Waals surface area contributed by atoms with Gasteiger partial charge in [-0.3, -0.25) is 19.1 Å². The molecular formula is C37H25N7. The lowest BCUT2D eigenvalue weighted by atomic mass is 10.1. The second-order valence-corrected chi connectivity index (χ2v) is 10.9. The molecule has 8 aromatic rings. The highest BCUT2D eigenvalue weighted by Crippen LogP contribution is 2.34. The molecule has 0 amide bonds. The van der Waals surface area contributed by atoms with Crippen molar-refractivity contribution in [2.75, 3.05) is 0 Å². The minimum absolute atomic E-state index is 0.116. The van der Waals surface area contributed by atoms with Crippen LogP contribution >= 0.6 is 0 Å². The lowest BCUT2D eigenvalue weighted by Crippen LogP contribution is -2.24. The molecule has 1 aliphatic heterocycles. The standard InChI is InChI=1S/C37H25N7/c1-3-14-32-24(8-1)26-18-20-38-22-34(26)43(32)36-16-6-12-30(41-36)28-10-5-11-29(40-28)31-13-7-17-37(42-31)44-33-15-4-2-9-25(33)27-19-21-39-23-35(27)44/h1-23,30,41H. The van der Waals surface area contributed by atoms with Gasteiger partial charge in [0.2, 0.25) is 0 Å². The zero-order chi connectivity index (χ0) is 29.0. The summed E-state index contributed by atoms with van der Waals surface area (Å²) in [5, 5.41) is 8.43. The van der Waals surface area contributed by atoms with E-state index in [0.29, 0.717) is 0 Å². The van der Waals surface area contributed by atoms with E-state index in [9.17, 15) is 0 Å². The van der Waals surface area contributed by atoms with Gasteiger partial charge in [0.05, 0.1) is 57.6 Å². The van der Waals surface area contributed by atoms with Crippen LogP contribution in [0, 0.1) is 0 Å². The van der Waals surface area contributed by atoms with Crippen molar-refractivity contribution in [1.82, 2.24) is 34.4 Å². The van der Waals surface area contributed by atoms with E-state index >= 15 is 0 Å². The van der Waals surface area contributed by atoms with Crippen LogP contribution in [0.3, 0.4) is 0 Å². The Balaban J connectivity index is 1.09. The van der Waals surface area contributed by atoms with Crippen molar-refractivity contribution in [1.29, 1.82) is 0 Å². The first-order valence-electron chi connectivity index (χ1n) is 14.6. The second-order valence-electron chi connectivity index (χ2n) is 10.9. The Bertz CT molecular complexity index is 2340. The number of aromatic nitrogens is 6. The van der Waals surface area contributed by atoms with E-state index in [0.717, 1.165) is 56.2 Å². The summed E-state index contributed by atoms with van der Waals surface area (Å²) >= 11 is 0. The molecule has 1 N–H and O–H groups in total. The van der Waals surface area contributed by atoms with Gasteiger partial charge in [0, 0.05) is 33.9 Å². The van der Waals surface area contributed by atoms with Crippen LogP contribution in [0.5, 0.6) is 0 Å². The smallest absolute Gasteiger partial charge is 0.138 e. The van der Waals surface area contributed by atoms with Gasteiger partial charge in [0.1, 0.15) is 11.6 Å². The molecule has 0 spiro atoms. The van der Waals surface area contributed by atoms with Gasteiger partial charge in [-0.15, -0.1) is 0 Å². The van der Waals surface area contributed by atoms with Gasteiger partial charge in [-0.25, -0.2) is 9.97 Å². The molecule has 7 heterocycles. The number of pyridine rings is 4. The maximum absolute atomic E-state index is 5.11. The average Bonchev–Trinajstić information content (AvgIpc) is 3.62. The molecule has 0 saturated carbocycles. The molecule has 7 nitrogen and oxygen atoms in total. The number of fused-ring (bicyclic) bond motifs is 6. The first kappa shape index (κ1) is 24.5. The Morgan fingerprint density at radius 1 is 0.545 bits per heavy atom. The van der Waals surface area contributed by atoms with Crippen LogP contribution in [0.15, 0.2) is 140 Å². The van der Waals surface area contributed by atoms with Crippen molar-refractivity contribution >= 4 is 49.4 Å². The first-order valence-corrected chi connectivity index (χ1v) is 14.6. The van der Waals surface area contributed by atoms with Crippen LogP contribution in [-0.4, -0.2) is 29.1 Å². The van der Waals surface area contributed by atoms with E-state index in [1.54, 1.807) is 0 Å². The fourth-order valence-electron chi connectivity index (χ4n) is 6.43. The minimum Gasteiger partial charge on any atom is -0.359 e. The molecule has 7 heteroatoms. The van der Waals surface area contributed by atoms with Crippen LogP contribution in [0.25, 0.3) is 66.6 Å². The van der Waals surface area contributed by atoms with Gasteiger partial charge in [-0.05, 0) is 54.6 Å². The third-order valence-electron chi connectivity index (χ3n) is 8.37. The highest BCUT2D eigenvalue weighted by Gasteiger charge is 2.20. The minimum atomic E-state index is -0.116. The Morgan fingerprint density at radius 3 is 1.91 bits per heavy atom. The summed E-state index contributed by atoms with van der Waals surface area (Å²) in [5.41, 5.74) is 6.85. The molecule has 0 aliphatic carbocycles. The van der Waals surface area contributed by atoms with Crippen LogP contribution in [0.4, 0.5) is 0 Å². The molecule has 208 valence electrons. The van der Waals surface area contributed by atoms with Crippen molar-refractivity contribution in [3.63, 3.8) is 0 Å². The molecule has 1 unspecified atom stereocenters. The molecule has 6 aromatic heterocycles. The number of dihydropyridines is 1. The van der Waals surface area contributed by atoms with E-state index < -0.39 is 0 Å². The maximum Gasteiger partial charge on any atom is 0.138 e. The summed E-state index contributed by atoms with van der Waals surface area (Å²) in [6.45, 7) is 0. The number of rotatable bonds is 4. The van der Waals surface area contributed by atoms with Gasteiger partial charge in [-0.2, -0.15) is 0 Å². The number of nitrogens with zero attached hydrogens (tertiary/aromatic N) is 6. The van der Waals surface area contributed by atoms with E-state index in [2.05, 4.69) is 109 Å². The number of nitrogens with one attached hydrogen (secondary N) is 1. The normalized spacial score (nSPS) is 14.8. The Kier molecular flexibility index (Phi) is 5.43. The highest BCUT2D eigenvalue weighted by atomic mass is 15.2. The van der Waals surface area contributed by atoms with Crippen molar-refractivity contribution in [3.8, 4) is 17.2 Å². The predicted octanol–water partition coefficient (Wildman–Crippen LogP) is 7.84. The maximum atomic E-state index is 5.11. The predicted molar refractivity (Wildman–Crippen MR) is 176 cm³/mol. The van der Waals surface area contributed by atoms with E-state index in [4.69, 9.17) is 9.97 Å². The number of allylic oxidation sites excluding steroid dienone is 2. The summed E-state index contributed by atoms with van der Waals surface area (Å²) in [6.07, 6.45) is 13.8. The number of para-hydroxylation sites is 2. The average molecular weight is 568 g/mol. The number of hydrogen-bond donors (Lipinski definition) is 1. The van der Waals surface area contributed by atoms with Crippen LogP contribution in [0.1, 0.15) is 11.7 Å². The molecule has 1 atom stereocenters. The Morgan fingerprint density at radius 2 is 1.16 bits per heavy atom. The Hall–Kier alpha value is -6.08. The van der Waals surface area contributed by atoms with Gasteiger partial charge in [-0.1, -0.05) is 60.7 Å². The van der Waals surface area contributed by atoms with Gasteiger partial charge in [0.25, 0.3) is 0 Å². The summed E-state index contributed by atoms with van der Waals surface area (Å²) in [4.78, 5) is 19.1. The first-order chi connectivity index (χ1) is 21.8. The Labute approximate surface area is 252 Å². The highest BCUT2D eigenvalue weighted by molar-refractivity contribution is 6.10. The topological polar surface area (TPSA) is 73.5 Å². The molecular weight excluding hydrogens is 542 g/mol. The molecule has 2 aromatic carbocycles. The summed E-state index contributed by atoms with van der Waals surface area (Å²) in [5.74, 6) is 1.80. The van der Waals surface area contributed by atoms with Crippen molar-refractivity contribution < 1.29 is 0 Å². The molecule has 0 saturated heterocycles. The summed E-state index contributed by atoms with van der Waals surface area (Å²) < 4.78 is 4.41. The lowest BCUT2D eigenvalue weighted by molar-refractivity contribution is 0.714. The monoisotopic (exact) mass is 567 g/mol. The third-order valence-corrected chi connectivity index (χ3v) is 8.37. The summed E-state index contributed by atoms with van der Waals surface area (Å²) in [7, 11) is 0. The molecule has 9 rings (SSSR count). The van der Waals surface area contributed by atoms with Gasteiger partial charge >= 0.3 is 0 Å². The SMILES string of the molecule is C1=CC(c2cccc(-c3cccc(-n4c5ccccc5c5ccncc54)n3)n2)NC(n2c3ccccc3c3ccncc32)=C1. The quantitative estimate of drug-likeness (QED) is 0.235. The van der Waals surface area contributed by atoms with Gasteiger partial charge < -0.3 is 5.32 Å². The second kappa shape index (κ2) is 9.74. The zero-order valence-electron chi connectivity index (χ0n) is 23.5. The fraction of sp³-hybridized carbons (Fsp3) is 0.0270. The van der Waals surface area contributed by atoms with Crippen LogP contribution < -0.4 is 5.32 Å². The fourth-order valence-corrected chi connectivity index (χ4v) is 6.43. The van der Waals surface area contributed by atoms with E-state index in [1.807, 2.05) is 55.1 Å². The molecule has 0 bridgehead atoms. The van der Waals surface area contributed by atoms with Crippen molar-refractivity contribution in [2.45, 2.75) is 6.04 Å². The number of benzene rings is 2. The largest absolute Gasteiger partial charge is 0.359 e. The molecule has 1 aliphatic rings. The number of hydrogen-bond acceptors (Lipinski definition) is 5. The third kappa shape index (κ3) is 3.76. The lowest BCUT2D eigenvalue weighted by Gasteiger charge is -2.23. The zero-order valence-corrected chi connectivity index (χ0v) is 23.5. The van der Waals surface area contributed by atoms with E-state index in [-0.39, 0.29) is 6.04 Å². The van der Waals surface area contributed by atoms with Crippen molar-refractivity contribution in [3.05, 3.63) is 146 Å². The molecule has 0 fully saturated rings. The van der Waals surface area contributed by atoms with E-state index in [1.165, 1.54) is 16.2 Å². The molecule has 44 heavy (non-hydrogen) atoms. The molecule has 0 radical (unpaired) electrons. The van der Waals surface area contributed by atoms with Crippen LogP contribution in [-0.2, 0) is 0 Å².